The fourth-order valence-electron chi connectivity index (χ4n) is 2.87. The van der Waals surface area contributed by atoms with E-state index in [-0.39, 0.29) is 5.91 Å². The maximum absolute atomic E-state index is 13.0. The second-order valence-electron chi connectivity index (χ2n) is 5.56. The molecule has 4 rings (SSSR count). The van der Waals surface area contributed by atoms with Crippen molar-refractivity contribution in [3.63, 3.8) is 0 Å². The van der Waals surface area contributed by atoms with Crippen molar-refractivity contribution < 1.29 is 4.79 Å². The van der Waals surface area contributed by atoms with Gasteiger partial charge in [0, 0.05) is 16.3 Å². The highest BCUT2D eigenvalue weighted by molar-refractivity contribution is 7.13. The zero-order valence-electron chi connectivity index (χ0n) is 13.0. The molecular formula is C17H14ClN5OS. The number of para-hydroxylation sites is 1. The fraction of sp³-hybridized carbons (Fsp3) is 0.118. The van der Waals surface area contributed by atoms with Gasteiger partial charge in [0.15, 0.2) is 0 Å². The number of nitrogens with one attached hydrogen (secondary N) is 2. The van der Waals surface area contributed by atoms with Crippen LogP contribution in [0, 0.1) is 0 Å². The standard InChI is InChI=1S/C17H14ClN5OS/c18-12-5-3-4-11(8-12)9-23-14-7-2-1-6-13(14)15(16(23)24)20-22-17-21-19-10-25-17/h1-8,10,15,20H,9H2,(H,21,22). The van der Waals surface area contributed by atoms with Crippen molar-refractivity contribution in [2.45, 2.75) is 12.6 Å². The number of anilines is 2. The van der Waals surface area contributed by atoms with Gasteiger partial charge in [0.2, 0.25) is 5.13 Å². The first-order valence-electron chi connectivity index (χ1n) is 7.65. The number of nitrogens with zero attached hydrogens (tertiary/aromatic N) is 3. The molecule has 3 aromatic rings. The number of halogens is 1. The highest BCUT2D eigenvalue weighted by Crippen LogP contribution is 2.36. The molecule has 25 heavy (non-hydrogen) atoms. The molecule has 1 amide bonds. The Morgan fingerprint density at radius 3 is 2.88 bits per heavy atom. The van der Waals surface area contributed by atoms with Gasteiger partial charge in [0.05, 0.1) is 6.54 Å². The summed E-state index contributed by atoms with van der Waals surface area (Å²) >= 11 is 7.42. The van der Waals surface area contributed by atoms with Crippen LogP contribution in [0.15, 0.2) is 54.0 Å². The Balaban J connectivity index is 1.59. The number of hydrogen-bond donors (Lipinski definition) is 2. The number of benzene rings is 2. The summed E-state index contributed by atoms with van der Waals surface area (Å²) < 4.78 is 0. The van der Waals surface area contributed by atoms with Gasteiger partial charge in [0.25, 0.3) is 5.91 Å². The van der Waals surface area contributed by atoms with Crippen molar-refractivity contribution in [1.29, 1.82) is 0 Å². The summed E-state index contributed by atoms with van der Waals surface area (Å²) in [6.07, 6.45) is 0. The van der Waals surface area contributed by atoms with Gasteiger partial charge in [-0.05, 0) is 23.8 Å². The van der Waals surface area contributed by atoms with Crippen LogP contribution >= 0.6 is 22.9 Å². The van der Waals surface area contributed by atoms with E-state index in [4.69, 9.17) is 11.6 Å². The van der Waals surface area contributed by atoms with Crippen LogP contribution in [-0.4, -0.2) is 16.1 Å². The van der Waals surface area contributed by atoms with E-state index in [0.29, 0.717) is 16.7 Å². The molecule has 126 valence electrons. The van der Waals surface area contributed by atoms with Crippen molar-refractivity contribution in [2.24, 2.45) is 0 Å². The number of hydrazine groups is 1. The van der Waals surface area contributed by atoms with Crippen molar-refractivity contribution in [2.75, 3.05) is 10.3 Å². The lowest BCUT2D eigenvalue weighted by atomic mass is 10.1. The molecule has 6 nitrogen and oxygen atoms in total. The van der Waals surface area contributed by atoms with Gasteiger partial charge in [-0.2, -0.15) is 0 Å². The SMILES string of the molecule is O=C1C(NNc2nncs2)c2ccccc2N1Cc1cccc(Cl)c1. The molecule has 8 heteroatoms. The van der Waals surface area contributed by atoms with E-state index in [1.807, 2.05) is 48.5 Å². The van der Waals surface area contributed by atoms with Crippen LogP contribution < -0.4 is 15.8 Å². The van der Waals surface area contributed by atoms with Crippen LogP contribution in [0.5, 0.6) is 0 Å². The van der Waals surface area contributed by atoms with Gasteiger partial charge in [-0.1, -0.05) is 53.3 Å². The molecule has 2 aromatic carbocycles. The minimum absolute atomic E-state index is 0.0295. The van der Waals surface area contributed by atoms with Gasteiger partial charge in [-0.15, -0.1) is 10.2 Å². The van der Waals surface area contributed by atoms with Crippen LogP contribution in [0.25, 0.3) is 0 Å². The number of carbonyl (C=O) groups is 1. The third-order valence-electron chi connectivity index (χ3n) is 3.96. The van der Waals surface area contributed by atoms with Crippen molar-refractivity contribution in [1.82, 2.24) is 15.6 Å². The predicted octanol–water partition coefficient (Wildman–Crippen LogP) is 3.40. The molecule has 1 aromatic heterocycles. The summed E-state index contributed by atoms with van der Waals surface area (Å²) in [4.78, 5) is 14.7. The summed E-state index contributed by atoms with van der Waals surface area (Å²) in [5.41, 5.74) is 10.4. The van der Waals surface area contributed by atoms with Crippen molar-refractivity contribution in [3.8, 4) is 0 Å². The smallest absolute Gasteiger partial charge is 0.250 e. The number of hydrogen-bond acceptors (Lipinski definition) is 6. The maximum Gasteiger partial charge on any atom is 0.250 e. The number of rotatable bonds is 5. The van der Waals surface area contributed by atoms with Crippen LogP contribution in [0.1, 0.15) is 17.2 Å². The Bertz CT molecular complexity index is 902. The van der Waals surface area contributed by atoms with E-state index < -0.39 is 6.04 Å². The fourth-order valence-corrected chi connectivity index (χ4v) is 3.49. The first-order chi connectivity index (χ1) is 12.2. The number of aromatic nitrogens is 2. The highest BCUT2D eigenvalue weighted by Gasteiger charge is 2.37. The van der Waals surface area contributed by atoms with E-state index in [0.717, 1.165) is 16.8 Å². The van der Waals surface area contributed by atoms with E-state index in [2.05, 4.69) is 21.0 Å². The second kappa shape index (κ2) is 6.79. The van der Waals surface area contributed by atoms with Gasteiger partial charge in [0.1, 0.15) is 11.6 Å². The number of amides is 1. The zero-order chi connectivity index (χ0) is 17.2. The Morgan fingerprint density at radius 1 is 1.20 bits per heavy atom. The van der Waals surface area contributed by atoms with Gasteiger partial charge < -0.3 is 4.90 Å². The molecule has 0 spiro atoms. The Kier molecular flexibility index (Phi) is 4.35. The largest absolute Gasteiger partial charge is 0.306 e. The zero-order valence-corrected chi connectivity index (χ0v) is 14.6. The summed E-state index contributed by atoms with van der Waals surface area (Å²) in [5, 5.41) is 8.95. The average Bonchev–Trinajstić information content (AvgIpc) is 3.21. The molecule has 1 atom stereocenters. The first kappa shape index (κ1) is 16.0. The Hall–Kier alpha value is -2.48. The summed E-state index contributed by atoms with van der Waals surface area (Å²) in [7, 11) is 0. The van der Waals surface area contributed by atoms with Crippen molar-refractivity contribution >= 4 is 39.7 Å². The minimum atomic E-state index is -0.487. The molecular weight excluding hydrogens is 358 g/mol. The van der Waals surface area contributed by atoms with E-state index in [1.165, 1.54) is 11.3 Å². The highest BCUT2D eigenvalue weighted by atomic mass is 35.5. The van der Waals surface area contributed by atoms with Crippen LogP contribution in [0.4, 0.5) is 10.8 Å². The lowest BCUT2D eigenvalue weighted by molar-refractivity contribution is -0.120. The van der Waals surface area contributed by atoms with Crippen LogP contribution in [-0.2, 0) is 11.3 Å². The quantitative estimate of drug-likeness (QED) is 0.673. The summed E-state index contributed by atoms with van der Waals surface area (Å²) in [5.74, 6) is -0.0295. The second-order valence-corrected chi connectivity index (χ2v) is 6.83. The first-order valence-corrected chi connectivity index (χ1v) is 8.90. The van der Waals surface area contributed by atoms with Crippen LogP contribution in [0.3, 0.4) is 0 Å². The molecule has 2 N–H and O–H groups in total. The van der Waals surface area contributed by atoms with Crippen LogP contribution in [0.2, 0.25) is 5.02 Å². The van der Waals surface area contributed by atoms with Gasteiger partial charge in [-0.3, -0.25) is 10.2 Å². The lowest BCUT2D eigenvalue weighted by Crippen LogP contribution is -2.36. The lowest BCUT2D eigenvalue weighted by Gasteiger charge is -2.18. The molecule has 0 saturated carbocycles. The Labute approximate surface area is 153 Å². The minimum Gasteiger partial charge on any atom is -0.306 e. The van der Waals surface area contributed by atoms with Gasteiger partial charge in [-0.25, -0.2) is 5.43 Å². The van der Waals surface area contributed by atoms with E-state index in [1.54, 1.807) is 10.4 Å². The molecule has 0 fully saturated rings. The summed E-state index contributed by atoms with van der Waals surface area (Å²) in [6, 6.07) is 14.8. The maximum atomic E-state index is 13.0. The third-order valence-corrected chi connectivity index (χ3v) is 4.81. The molecule has 0 aliphatic carbocycles. The van der Waals surface area contributed by atoms with Gasteiger partial charge >= 0.3 is 0 Å². The van der Waals surface area contributed by atoms with E-state index >= 15 is 0 Å². The summed E-state index contributed by atoms with van der Waals surface area (Å²) in [6.45, 7) is 0.466. The Morgan fingerprint density at radius 2 is 2.08 bits per heavy atom. The molecule has 2 heterocycles. The molecule has 0 bridgehead atoms. The third kappa shape index (κ3) is 3.21. The molecule has 1 aliphatic heterocycles. The number of fused-ring (bicyclic) bond motifs is 1. The normalized spacial score (nSPS) is 16.1. The predicted molar refractivity (Wildman–Crippen MR) is 98.5 cm³/mol. The molecule has 0 radical (unpaired) electrons. The number of carbonyl (C=O) groups excluding carboxylic acids is 1. The van der Waals surface area contributed by atoms with Crippen molar-refractivity contribution in [3.05, 3.63) is 70.2 Å². The molecule has 0 saturated heterocycles. The topological polar surface area (TPSA) is 70.1 Å². The van der Waals surface area contributed by atoms with E-state index in [9.17, 15) is 4.79 Å². The molecule has 1 unspecified atom stereocenters. The monoisotopic (exact) mass is 371 g/mol. The average molecular weight is 372 g/mol. The molecule has 1 aliphatic rings.